The Morgan fingerprint density at radius 1 is 1.15 bits per heavy atom. The highest BCUT2D eigenvalue weighted by Crippen LogP contribution is 2.34. The van der Waals surface area contributed by atoms with Crippen LogP contribution in [0.2, 0.25) is 0 Å². The molecular formula is C19H31N. The molecular weight excluding hydrogens is 242 g/mol. The van der Waals surface area contributed by atoms with Crippen molar-refractivity contribution < 1.29 is 0 Å². The lowest BCUT2D eigenvalue weighted by molar-refractivity contribution is 0.161. The van der Waals surface area contributed by atoms with Gasteiger partial charge in [-0.25, -0.2) is 0 Å². The highest BCUT2D eigenvalue weighted by atomic mass is 15.0. The summed E-state index contributed by atoms with van der Waals surface area (Å²) in [5.41, 5.74) is 2.78. The Morgan fingerprint density at radius 3 is 2.55 bits per heavy atom. The van der Waals surface area contributed by atoms with Gasteiger partial charge >= 0.3 is 0 Å². The molecule has 0 saturated heterocycles. The monoisotopic (exact) mass is 273 g/mol. The van der Waals surface area contributed by atoms with E-state index in [1.807, 2.05) is 0 Å². The summed E-state index contributed by atoms with van der Waals surface area (Å²) in [5.74, 6) is 2.48. The molecule has 1 fully saturated rings. The number of nitrogens with one attached hydrogen (secondary N) is 1. The average molecular weight is 273 g/mol. The van der Waals surface area contributed by atoms with Gasteiger partial charge in [0, 0.05) is 12.1 Å². The van der Waals surface area contributed by atoms with Gasteiger partial charge in [0.2, 0.25) is 0 Å². The largest absolute Gasteiger partial charge is 0.307 e. The number of hydrogen-bond donors (Lipinski definition) is 1. The lowest BCUT2D eigenvalue weighted by atomic mass is 9.73. The van der Waals surface area contributed by atoms with Crippen LogP contribution in [0.4, 0.5) is 0 Å². The van der Waals surface area contributed by atoms with Crippen LogP contribution in [0, 0.1) is 24.7 Å². The van der Waals surface area contributed by atoms with Crippen molar-refractivity contribution >= 4 is 0 Å². The van der Waals surface area contributed by atoms with Gasteiger partial charge < -0.3 is 5.32 Å². The first kappa shape index (κ1) is 15.6. The molecule has 1 saturated carbocycles. The van der Waals surface area contributed by atoms with Crippen molar-refractivity contribution in [2.45, 2.75) is 66.0 Å². The molecule has 1 aromatic carbocycles. The second kappa shape index (κ2) is 6.76. The van der Waals surface area contributed by atoms with Crippen LogP contribution >= 0.6 is 0 Å². The molecule has 1 heteroatoms. The lowest BCUT2D eigenvalue weighted by Gasteiger charge is -2.39. The molecule has 2 rings (SSSR count). The Morgan fingerprint density at radius 2 is 1.90 bits per heavy atom. The molecule has 0 aromatic heterocycles. The van der Waals surface area contributed by atoms with Crippen molar-refractivity contribution in [2.24, 2.45) is 17.8 Å². The second-order valence-electron chi connectivity index (χ2n) is 7.24. The predicted molar refractivity (Wildman–Crippen MR) is 87.9 cm³/mol. The Labute approximate surface area is 125 Å². The summed E-state index contributed by atoms with van der Waals surface area (Å²) in [6, 6.07) is 10.0. The highest BCUT2D eigenvalue weighted by molar-refractivity contribution is 5.24. The van der Waals surface area contributed by atoms with E-state index in [4.69, 9.17) is 0 Å². The molecule has 0 heterocycles. The van der Waals surface area contributed by atoms with Crippen LogP contribution in [0.5, 0.6) is 0 Å². The van der Waals surface area contributed by atoms with Crippen molar-refractivity contribution in [3.8, 4) is 0 Å². The molecule has 4 atom stereocenters. The molecule has 1 aliphatic rings. The molecule has 0 aliphatic heterocycles. The zero-order valence-electron chi connectivity index (χ0n) is 13.8. The van der Waals surface area contributed by atoms with Gasteiger partial charge in [-0.1, -0.05) is 57.0 Å². The van der Waals surface area contributed by atoms with Crippen LogP contribution in [0.25, 0.3) is 0 Å². The van der Waals surface area contributed by atoms with Crippen LogP contribution in [-0.4, -0.2) is 6.04 Å². The summed E-state index contributed by atoms with van der Waals surface area (Å²) in [5, 5.41) is 3.92. The van der Waals surface area contributed by atoms with E-state index in [-0.39, 0.29) is 0 Å². The molecule has 112 valence electrons. The minimum atomic E-state index is 0.450. The van der Waals surface area contributed by atoms with E-state index in [0.717, 1.165) is 17.8 Å². The summed E-state index contributed by atoms with van der Waals surface area (Å²) in [7, 11) is 0. The van der Waals surface area contributed by atoms with Gasteiger partial charge in [-0.15, -0.1) is 0 Å². The van der Waals surface area contributed by atoms with Gasteiger partial charge in [0.05, 0.1) is 0 Å². The molecule has 1 N–H and O–H groups in total. The maximum absolute atomic E-state index is 3.92. The van der Waals surface area contributed by atoms with Gasteiger partial charge in [0.15, 0.2) is 0 Å². The molecule has 0 spiro atoms. The molecule has 0 radical (unpaired) electrons. The van der Waals surface area contributed by atoms with E-state index in [1.54, 1.807) is 0 Å². The SMILES string of the molecule is Cc1cccc(C(C)NC2CC(C)CCC2C(C)C)c1. The lowest BCUT2D eigenvalue weighted by Crippen LogP contribution is -2.43. The Bertz CT molecular complexity index is 424. The van der Waals surface area contributed by atoms with E-state index in [9.17, 15) is 0 Å². The molecule has 4 unspecified atom stereocenters. The third-order valence-electron chi connectivity index (χ3n) is 5.03. The van der Waals surface area contributed by atoms with Gasteiger partial charge in [-0.2, -0.15) is 0 Å². The number of aryl methyl sites for hydroxylation is 1. The molecule has 0 bridgehead atoms. The minimum absolute atomic E-state index is 0.450. The second-order valence-corrected chi connectivity index (χ2v) is 7.24. The van der Waals surface area contributed by atoms with Crippen LogP contribution in [0.1, 0.15) is 64.1 Å². The summed E-state index contributed by atoms with van der Waals surface area (Å²) in [4.78, 5) is 0. The van der Waals surface area contributed by atoms with E-state index < -0.39 is 0 Å². The van der Waals surface area contributed by atoms with E-state index in [2.05, 4.69) is 64.2 Å². The van der Waals surface area contributed by atoms with Crippen molar-refractivity contribution in [1.29, 1.82) is 0 Å². The van der Waals surface area contributed by atoms with Crippen LogP contribution < -0.4 is 5.32 Å². The Kier molecular flexibility index (Phi) is 5.26. The van der Waals surface area contributed by atoms with Gasteiger partial charge in [0.1, 0.15) is 0 Å². The maximum Gasteiger partial charge on any atom is 0.0294 e. The zero-order valence-corrected chi connectivity index (χ0v) is 13.8. The minimum Gasteiger partial charge on any atom is -0.307 e. The molecule has 1 aromatic rings. The van der Waals surface area contributed by atoms with Gasteiger partial charge in [-0.05, 0) is 50.0 Å². The van der Waals surface area contributed by atoms with Gasteiger partial charge in [-0.3, -0.25) is 0 Å². The first-order valence-electron chi connectivity index (χ1n) is 8.30. The molecule has 1 aliphatic carbocycles. The number of benzene rings is 1. The van der Waals surface area contributed by atoms with Crippen LogP contribution in [0.3, 0.4) is 0 Å². The Hall–Kier alpha value is -0.820. The van der Waals surface area contributed by atoms with Crippen molar-refractivity contribution in [3.05, 3.63) is 35.4 Å². The van der Waals surface area contributed by atoms with Gasteiger partial charge in [0.25, 0.3) is 0 Å². The Balaban J connectivity index is 2.05. The summed E-state index contributed by atoms with van der Waals surface area (Å²) < 4.78 is 0. The third kappa shape index (κ3) is 3.85. The summed E-state index contributed by atoms with van der Waals surface area (Å²) in [6.07, 6.45) is 4.12. The number of hydrogen-bond acceptors (Lipinski definition) is 1. The number of rotatable bonds is 4. The molecule has 0 amide bonds. The summed E-state index contributed by atoms with van der Waals surface area (Å²) in [6.45, 7) is 11.7. The fraction of sp³-hybridized carbons (Fsp3) is 0.684. The molecule has 20 heavy (non-hydrogen) atoms. The normalized spacial score (nSPS) is 28.6. The quantitative estimate of drug-likeness (QED) is 0.804. The molecule has 1 nitrogen and oxygen atoms in total. The van der Waals surface area contributed by atoms with Crippen LogP contribution in [-0.2, 0) is 0 Å². The first-order chi connectivity index (χ1) is 9.47. The zero-order chi connectivity index (χ0) is 14.7. The maximum atomic E-state index is 3.92. The first-order valence-corrected chi connectivity index (χ1v) is 8.30. The van der Waals surface area contributed by atoms with Crippen LogP contribution in [0.15, 0.2) is 24.3 Å². The highest BCUT2D eigenvalue weighted by Gasteiger charge is 2.31. The van der Waals surface area contributed by atoms with Crippen molar-refractivity contribution in [1.82, 2.24) is 5.32 Å². The third-order valence-corrected chi connectivity index (χ3v) is 5.03. The van der Waals surface area contributed by atoms with Crippen molar-refractivity contribution in [2.75, 3.05) is 0 Å². The van der Waals surface area contributed by atoms with Crippen molar-refractivity contribution in [3.63, 3.8) is 0 Å². The topological polar surface area (TPSA) is 12.0 Å². The van der Waals surface area contributed by atoms with E-state index in [1.165, 1.54) is 30.4 Å². The standard InChI is InChI=1S/C19H31N/c1-13(2)18-10-9-15(4)12-19(18)20-16(5)17-8-6-7-14(3)11-17/h6-8,11,13,15-16,18-20H,9-10,12H2,1-5H3. The van der Waals surface area contributed by atoms with E-state index in [0.29, 0.717) is 12.1 Å². The smallest absolute Gasteiger partial charge is 0.0294 e. The fourth-order valence-corrected chi connectivity index (χ4v) is 3.75. The summed E-state index contributed by atoms with van der Waals surface area (Å²) >= 11 is 0. The predicted octanol–water partition coefficient (Wildman–Crippen LogP) is 5.11. The van der Waals surface area contributed by atoms with E-state index >= 15 is 0 Å². The fourth-order valence-electron chi connectivity index (χ4n) is 3.75. The average Bonchev–Trinajstić information content (AvgIpc) is 2.38.